The molecule has 0 bridgehead atoms. The van der Waals surface area contributed by atoms with E-state index in [1.807, 2.05) is 19.1 Å². The molecule has 1 aromatic rings. The van der Waals surface area contributed by atoms with Crippen LogP contribution in [0, 0.1) is 6.92 Å². The molecule has 0 fully saturated rings. The summed E-state index contributed by atoms with van der Waals surface area (Å²) < 4.78 is 14.5. The highest BCUT2D eigenvalue weighted by molar-refractivity contribution is 5.64. The zero-order chi connectivity index (χ0) is 11.3. The van der Waals surface area contributed by atoms with Crippen molar-refractivity contribution in [3.63, 3.8) is 0 Å². The first kappa shape index (κ1) is 11.5. The fraction of sp³-hybridized carbons (Fsp3) is 0.364. The van der Waals surface area contributed by atoms with Gasteiger partial charge in [-0.15, -0.1) is 0 Å². The number of benzene rings is 1. The number of methoxy groups -OCH3 is 1. The van der Waals surface area contributed by atoms with Gasteiger partial charge in [-0.2, -0.15) is 0 Å². The number of para-hydroxylation sites is 1. The topological polar surface area (TPSA) is 44.8 Å². The van der Waals surface area contributed by atoms with E-state index >= 15 is 0 Å². The molecular weight excluding hydrogens is 196 g/mol. The zero-order valence-electron chi connectivity index (χ0n) is 9.02. The van der Waals surface area contributed by atoms with Crippen LogP contribution >= 0.6 is 0 Å². The Morgan fingerprint density at radius 2 is 2.00 bits per heavy atom. The summed E-state index contributed by atoms with van der Waals surface area (Å²) in [6.07, 6.45) is -1.37. The maximum atomic E-state index is 11.2. The van der Waals surface area contributed by atoms with Crippen molar-refractivity contribution in [1.29, 1.82) is 0 Å². The standard InChI is InChI=1S/C11H14O4/c1-8-6-4-5-7-10(8)15-11(12)14-9(2)13-3/h4-7,9H,1-3H3. The molecule has 1 rings (SSSR count). The van der Waals surface area contributed by atoms with Gasteiger partial charge in [-0.25, -0.2) is 4.79 Å². The minimum atomic E-state index is -0.765. The Hall–Kier alpha value is -1.55. The quantitative estimate of drug-likeness (QED) is 0.437. The molecule has 0 heterocycles. The molecule has 0 saturated heterocycles. The molecule has 1 atom stereocenters. The van der Waals surface area contributed by atoms with Crippen LogP contribution in [0.25, 0.3) is 0 Å². The van der Waals surface area contributed by atoms with Crippen LogP contribution in [0.4, 0.5) is 4.79 Å². The third-order valence-corrected chi connectivity index (χ3v) is 1.88. The lowest BCUT2D eigenvalue weighted by Gasteiger charge is -2.11. The molecular formula is C11H14O4. The summed E-state index contributed by atoms with van der Waals surface area (Å²) in [6.45, 7) is 3.46. The normalized spacial score (nSPS) is 11.9. The van der Waals surface area contributed by atoms with E-state index in [0.717, 1.165) is 5.56 Å². The Kier molecular flexibility index (Phi) is 4.12. The van der Waals surface area contributed by atoms with Crippen molar-refractivity contribution in [3.05, 3.63) is 29.8 Å². The lowest BCUT2D eigenvalue weighted by atomic mass is 10.2. The molecule has 1 aromatic carbocycles. The second-order valence-electron chi connectivity index (χ2n) is 3.04. The Bertz CT molecular complexity index is 335. The first-order valence-electron chi connectivity index (χ1n) is 4.60. The smallest absolute Gasteiger partial charge is 0.404 e. The van der Waals surface area contributed by atoms with Crippen LogP contribution in [0.1, 0.15) is 12.5 Å². The van der Waals surface area contributed by atoms with E-state index in [0.29, 0.717) is 5.75 Å². The Morgan fingerprint density at radius 1 is 1.33 bits per heavy atom. The second-order valence-corrected chi connectivity index (χ2v) is 3.04. The van der Waals surface area contributed by atoms with Gasteiger partial charge in [0.2, 0.25) is 6.29 Å². The molecule has 1 unspecified atom stereocenters. The minimum absolute atomic E-state index is 0.491. The predicted molar refractivity (Wildman–Crippen MR) is 54.8 cm³/mol. The van der Waals surface area contributed by atoms with Crippen LogP contribution < -0.4 is 4.74 Å². The van der Waals surface area contributed by atoms with Crippen molar-refractivity contribution in [2.24, 2.45) is 0 Å². The molecule has 0 N–H and O–H groups in total. The van der Waals surface area contributed by atoms with Gasteiger partial charge in [-0.3, -0.25) is 0 Å². The first-order valence-corrected chi connectivity index (χ1v) is 4.60. The van der Waals surface area contributed by atoms with Crippen LogP contribution in [0.2, 0.25) is 0 Å². The molecule has 0 aliphatic rings. The minimum Gasteiger partial charge on any atom is -0.404 e. The summed E-state index contributed by atoms with van der Waals surface area (Å²) >= 11 is 0. The molecule has 4 heteroatoms. The summed E-state index contributed by atoms with van der Waals surface area (Å²) in [5, 5.41) is 0. The van der Waals surface area contributed by atoms with Crippen molar-refractivity contribution in [1.82, 2.24) is 0 Å². The number of carbonyl (C=O) groups is 1. The average molecular weight is 210 g/mol. The molecule has 0 saturated carbocycles. The molecule has 0 spiro atoms. The molecule has 82 valence electrons. The van der Waals surface area contributed by atoms with Crippen molar-refractivity contribution >= 4 is 6.16 Å². The van der Waals surface area contributed by atoms with E-state index in [1.165, 1.54) is 7.11 Å². The molecule has 0 aliphatic carbocycles. The van der Waals surface area contributed by atoms with Gasteiger partial charge in [-0.1, -0.05) is 18.2 Å². The maximum Gasteiger partial charge on any atom is 0.516 e. The lowest BCUT2D eigenvalue weighted by Crippen LogP contribution is -2.19. The fourth-order valence-electron chi connectivity index (χ4n) is 0.968. The van der Waals surface area contributed by atoms with Crippen LogP contribution in [0.3, 0.4) is 0 Å². The third kappa shape index (κ3) is 3.59. The van der Waals surface area contributed by atoms with Crippen molar-refractivity contribution in [3.8, 4) is 5.75 Å². The Labute approximate surface area is 88.8 Å². The Balaban J connectivity index is 2.55. The highest BCUT2D eigenvalue weighted by Gasteiger charge is 2.11. The van der Waals surface area contributed by atoms with Crippen molar-refractivity contribution in [2.75, 3.05) is 7.11 Å². The third-order valence-electron chi connectivity index (χ3n) is 1.88. The lowest BCUT2D eigenvalue weighted by molar-refractivity contribution is -0.0807. The summed E-state index contributed by atoms with van der Waals surface area (Å²) in [4.78, 5) is 11.2. The van der Waals surface area contributed by atoms with E-state index in [1.54, 1.807) is 19.1 Å². The molecule has 15 heavy (non-hydrogen) atoms. The maximum absolute atomic E-state index is 11.2. The van der Waals surface area contributed by atoms with E-state index in [9.17, 15) is 4.79 Å². The van der Waals surface area contributed by atoms with E-state index in [-0.39, 0.29) is 0 Å². The number of hydrogen-bond donors (Lipinski definition) is 0. The van der Waals surface area contributed by atoms with Gasteiger partial charge in [0.05, 0.1) is 0 Å². The molecule has 4 nitrogen and oxygen atoms in total. The molecule has 0 aliphatic heterocycles. The number of hydrogen-bond acceptors (Lipinski definition) is 4. The van der Waals surface area contributed by atoms with Crippen LogP contribution in [-0.4, -0.2) is 19.6 Å². The molecule has 0 radical (unpaired) electrons. The zero-order valence-corrected chi connectivity index (χ0v) is 9.02. The molecule has 0 amide bonds. The monoisotopic (exact) mass is 210 g/mol. The largest absolute Gasteiger partial charge is 0.516 e. The summed E-state index contributed by atoms with van der Waals surface area (Å²) in [7, 11) is 1.45. The van der Waals surface area contributed by atoms with Gasteiger partial charge in [-0.05, 0) is 25.5 Å². The van der Waals surface area contributed by atoms with Gasteiger partial charge in [0, 0.05) is 7.11 Å². The van der Waals surface area contributed by atoms with Crippen molar-refractivity contribution < 1.29 is 19.0 Å². The van der Waals surface area contributed by atoms with Crippen LogP contribution in [-0.2, 0) is 9.47 Å². The van der Waals surface area contributed by atoms with E-state index in [4.69, 9.17) is 14.2 Å². The van der Waals surface area contributed by atoms with Gasteiger partial charge < -0.3 is 14.2 Å². The predicted octanol–water partition coefficient (Wildman–Crippen LogP) is 2.50. The average Bonchev–Trinajstić information content (AvgIpc) is 2.21. The summed E-state index contributed by atoms with van der Waals surface area (Å²) in [6, 6.07) is 7.21. The van der Waals surface area contributed by atoms with Crippen LogP contribution in [0.15, 0.2) is 24.3 Å². The van der Waals surface area contributed by atoms with Gasteiger partial charge in [0.1, 0.15) is 5.75 Å². The summed E-state index contributed by atoms with van der Waals surface area (Å²) in [5.74, 6) is 0.491. The molecule has 0 aromatic heterocycles. The first-order chi connectivity index (χ1) is 7.13. The highest BCUT2D eigenvalue weighted by atomic mass is 16.8. The fourth-order valence-corrected chi connectivity index (χ4v) is 0.968. The van der Waals surface area contributed by atoms with Crippen LogP contribution in [0.5, 0.6) is 5.75 Å². The SMILES string of the molecule is COC(C)OC(=O)Oc1ccccc1C. The highest BCUT2D eigenvalue weighted by Crippen LogP contribution is 2.16. The number of ether oxygens (including phenoxy) is 3. The van der Waals surface area contributed by atoms with E-state index in [2.05, 4.69) is 0 Å². The second kappa shape index (κ2) is 5.36. The Morgan fingerprint density at radius 3 is 2.60 bits per heavy atom. The van der Waals surface area contributed by atoms with Gasteiger partial charge in [0.15, 0.2) is 0 Å². The van der Waals surface area contributed by atoms with Gasteiger partial charge >= 0.3 is 6.16 Å². The van der Waals surface area contributed by atoms with Crippen molar-refractivity contribution in [2.45, 2.75) is 20.1 Å². The number of aryl methyl sites for hydroxylation is 1. The van der Waals surface area contributed by atoms with E-state index < -0.39 is 12.4 Å². The van der Waals surface area contributed by atoms with Gasteiger partial charge in [0.25, 0.3) is 0 Å². The summed E-state index contributed by atoms with van der Waals surface area (Å²) in [5.41, 5.74) is 0.875. The number of carbonyl (C=O) groups excluding carboxylic acids is 1. The number of rotatable bonds is 3.